The number of para-hydroxylation sites is 1. The highest BCUT2D eigenvalue weighted by Crippen LogP contribution is 2.29. The van der Waals surface area contributed by atoms with Gasteiger partial charge in [0.1, 0.15) is 5.54 Å². The maximum atomic E-state index is 13.1. The van der Waals surface area contributed by atoms with E-state index in [1.165, 1.54) is 0 Å². The van der Waals surface area contributed by atoms with Crippen molar-refractivity contribution in [3.05, 3.63) is 95.1 Å². The molecule has 3 aromatic rings. The summed E-state index contributed by atoms with van der Waals surface area (Å²) in [5, 5.41) is 10.4. The predicted molar refractivity (Wildman–Crippen MR) is 135 cm³/mol. The van der Waals surface area contributed by atoms with Crippen molar-refractivity contribution in [2.24, 2.45) is 0 Å². The molecule has 182 valence electrons. The van der Waals surface area contributed by atoms with E-state index in [1.807, 2.05) is 30.3 Å². The van der Waals surface area contributed by atoms with Gasteiger partial charge in [-0.2, -0.15) is 0 Å². The number of anilines is 2. The maximum Gasteiger partial charge on any atom is 0.322 e. The van der Waals surface area contributed by atoms with Gasteiger partial charge in [-0.05, 0) is 54.3 Å². The monoisotopic (exact) mass is 483 g/mol. The van der Waals surface area contributed by atoms with Crippen LogP contribution in [0.2, 0.25) is 0 Å². The van der Waals surface area contributed by atoms with Crippen LogP contribution in [-0.2, 0) is 23.3 Å². The second kappa shape index (κ2) is 9.18. The first-order valence-electron chi connectivity index (χ1n) is 11.6. The minimum atomic E-state index is -1.17. The zero-order valence-electron chi connectivity index (χ0n) is 19.6. The lowest BCUT2D eigenvalue weighted by Gasteiger charge is -2.21. The van der Waals surface area contributed by atoms with Gasteiger partial charge in [-0.15, -0.1) is 0 Å². The van der Waals surface area contributed by atoms with Crippen LogP contribution < -0.4 is 26.2 Å². The van der Waals surface area contributed by atoms with Gasteiger partial charge in [-0.3, -0.25) is 14.9 Å². The summed E-state index contributed by atoms with van der Waals surface area (Å²) in [5.41, 5.74) is 3.25. The molecule has 36 heavy (non-hydrogen) atoms. The number of hydrogen-bond donors (Lipinski definition) is 4. The SMILES string of the molecule is CC1(c2cccc(CNC(=O)Nc3cccc(C(=O)N4CCc5ccccc54)c3)c2)NC(=O)NC1=O. The number of rotatable bonds is 5. The van der Waals surface area contributed by atoms with Crippen LogP contribution in [0, 0.1) is 0 Å². The fraction of sp³-hybridized carbons (Fsp3) is 0.185. The smallest absolute Gasteiger partial charge is 0.322 e. The standard InChI is InChI=1S/C27H25N5O4/c1-27(24(34)30-26(36)31-27)20-9-4-6-17(14-20)16-28-25(35)29-21-10-5-8-19(15-21)23(33)32-13-12-18-7-2-3-11-22(18)32/h2-11,14-15H,12-13,16H2,1H3,(H2,28,29,35)(H2,30,31,34,36). The average molecular weight is 484 g/mol. The molecule has 1 unspecified atom stereocenters. The molecule has 0 spiro atoms. The third-order valence-electron chi connectivity index (χ3n) is 6.50. The van der Waals surface area contributed by atoms with Crippen LogP contribution in [0.3, 0.4) is 0 Å². The minimum Gasteiger partial charge on any atom is -0.334 e. The van der Waals surface area contributed by atoms with Crippen molar-refractivity contribution in [2.75, 3.05) is 16.8 Å². The molecule has 1 atom stereocenters. The molecule has 4 N–H and O–H groups in total. The molecule has 3 aromatic carbocycles. The van der Waals surface area contributed by atoms with Crippen molar-refractivity contribution in [3.63, 3.8) is 0 Å². The first-order valence-corrected chi connectivity index (χ1v) is 11.6. The van der Waals surface area contributed by atoms with E-state index in [4.69, 9.17) is 0 Å². The van der Waals surface area contributed by atoms with Gasteiger partial charge in [-0.25, -0.2) is 9.59 Å². The molecule has 9 heteroatoms. The lowest BCUT2D eigenvalue weighted by atomic mass is 9.91. The van der Waals surface area contributed by atoms with Gasteiger partial charge in [0.05, 0.1) is 0 Å². The van der Waals surface area contributed by atoms with E-state index in [2.05, 4.69) is 21.3 Å². The summed E-state index contributed by atoms with van der Waals surface area (Å²) in [7, 11) is 0. The first-order chi connectivity index (χ1) is 17.3. The van der Waals surface area contributed by atoms with Crippen LogP contribution >= 0.6 is 0 Å². The second-order valence-corrected chi connectivity index (χ2v) is 8.96. The molecule has 0 bridgehead atoms. The lowest BCUT2D eigenvalue weighted by Crippen LogP contribution is -2.40. The van der Waals surface area contributed by atoms with Gasteiger partial charge in [0.2, 0.25) is 0 Å². The van der Waals surface area contributed by atoms with Crippen molar-refractivity contribution >= 4 is 35.3 Å². The minimum absolute atomic E-state index is 0.114. The Kier molecular flexibility index (Phi) is 5.89. The highest BCUT2D eigenvalue weighted by Gasteiger charge is 2.43. The number of nitrogens with one attached hydrogen (secondary N) is 4. The summed E-state index contributed by atoms with van der Waals surface area (Å²) < 4.78 is 0. The Morgan fingerprint density at radius 2 is 1.81 bits per heavy atom. The Hall–Kier alpha value is -4.66. The molecule has 0 radical (unpaired) electrons. The maximum absolute atomic E-state index is 13.1. The Morgan fingerprint density at radius 3 is 2.61 bits per heavy atom. The molecule has 0 aliphatic carbocycles. The molecule has 0 saturated carbocycles. The Bertz CT molecular complexity index is 1390. The van der Waals surface area contributed by atoms with Gasteiger partial charge in [0.25, 0.3) is 11.8 Å². The zero-order valence-corrected chi connectivity index (χ0v) is 19.6. The van der Waals surface area contributed by atoms with Gasteiger partial charge in [0.15, 0.2) is 0 Å². The van der Waals surface area contributed by atoms with Gasteiger partial charge in [-0.1, -0.05) is 48.5 Å². The Balaban J connectivity index is 1.22. The second-order valence-electron chi connectivity index (χ2n) is 8.96. The summed E-state index contributed by atoms with van der Waals surface area (Å²) in [5.74, 6) is -0.542. The van der Waals surface area contributed by atoms with Crippen LogP contribution in [0.5, 0.6) is 0 Å². The molecular formula is C27H25N5O4. The average Bonchev–Trinajstić information content (AvgIpc) is 3.42. The topological polar surface area (TPSA) is 120 Å². The first kappa shape index (κ1) is 23.1. The normalized spacial score (nSPS) is 18.3. The van der Waals surface area contributed by atoms with Gasteiger partial charge >= 0.3 is 12.1 Å². The summed E-state index contributed by atoms with van der Waals surface area (Å²) in [4.78, 5) is 51.2. The molecule has 1 fully saturated rings. The summed E-state index contributed by atoms with van der Waals surface area (Å²) in [6.45, 7) is 2.45. The van der Waals surface area contributed by atoms with Crippen LogP contribution in [0.25, 0.3) is 0 Å². The largest absolute Gasteiger partial charge is 0.334 e. The molecule has 1 saturated heterocycles. The third-order valence-corrected chi connectivity index (χ3v) is 6.50. The van der Waals surface area contributed by atoms with Crippen molar-refractivity contribution in [1.82, 2.24) is 16.0 Å². The van der Waals surface area contributed by atoms with E-state index in [1.54, 1.807) is 54.3 Å². The number of benzene rings is 3. The van der Waals surface area contributed by atoms with E-state index in [-0.39, 0.29) is 12.5 Å². The van der Waals surface area contributed by atoms with E-state index >= 15 is 0 Å². The van der Waals surface area contributed by atoms with Crippen molar-refractivity contribution in [1.29, 1.82) is 0 Å². The molecule has 2 heterocycles. The van der Waals surface area contributed by atoms with Crippen LogP contribution in [0.4, 0.5) is 21.0 Å². The lowest BCUT2D eigenvalue weighted by molar-refractivity contribution is -0.123. The number of imide groups is 1. The number of amides is 6. The number of urea groups is 2. The summed E-state index contributed by atoms with van der Waals surface area (Å²) in [6.07, 6.45) is 0.819. The highest BCUT2D eigenvalue weighted by atomic mass is 16.2. The van der Waals surface area contributed by atoms with Crippen molar-refractivity contribution in [3.8, 4) is 0 Å². The van der Waals surface area contributed by atoms with Crippen LogP contribution in [-0.4, -0.2) is 30.4 Å². The van der Waals surface area contributed by atoms with Crippen molar-refractivity contribution in [2.45, 2.75) is 25.4 Å². The van der Waals surface area contributed by atoms with Crippen LogP contribution in [0.15, 0.2) is 72.8 Å². The van der Waals surface area contributed by atoms with Crippen LogP contribution in [0.1, 0.15) is 34.0 Å². The highest BCUT2D eigenvalue weighted by molar-refractivity contribution is 6.08. The van der Waals surface area contributed by atoms with Gasteiger partial charge in [0, 0.05) is 30.0 Å². The molecular weight excluding hydrogens is 458 g/mol. The zero-order chi connectivity index (χ0) is 25.3. The molecule has 9 nitrogen and oxygen atoms in total. The van der Waals surface area contributed by atoms with E-state index in [0.717, 1.165) is 23.2 Å². The number of fused-ring (bicyclic) bond motifs is 1. The summed E-state index contributed by atoms with van der Waals surface area (Å²) in [6, 6.07) is 20.8. The van der Waals surface area contributed by atoms with Crippen molar-refractivity contribution < 1.29 is 19.2 Å². The predicted octanol–water partition coefficient (Wildman–Crippen LogP) is 3.27. The number of hydrogen-bond acceptors (Lipinski definition) is 4. The third kappa shape index (κ3) is 4.38. The summed E-state index contributed by atoms with van der Waals surface area (Å²) >= 11 is 0. The molecule has 0 aromatic heterocycles. The molecule has 6 amide bonds. The molecule has 2 aliphatic heterocycles. The van der Waals surface area contributed by atoms with Gasteiger partial charge < -0.3 is 20.9 Å². The van der Waals surface area contributed by atoms with E-state index in [9.17, 15) is 19.2 Å². The fourth-order valence-corrected chi connectivity index (χ4v) is 4.53. The number of carbonyl (C=O) groups is 4. The number of carbonyl (C=O) groups excluding carboxylic acids is 4. The quantitative estimate of drug-likeness (QED) is 0.417. The van der Waals surface area contributed by atoms with E-state index in [0.29, 0.717) is 23.4 Å². The Labute approximate surface area is 207 Å². The number of nitrogens with zero attached hydrogens (tertiary/aromatic N) is 1. The molecule has 5 rings (SSSR count). The molecule has 2 aliphatic rings. The Morgan fingerprint density at radius 1 is 1.00 bits per heavy atom. The fourth-order valence-electron chi connectivity index (χ4n) is 4.53. The van der Waals surface area contributed by atoms with E-state index < -0.39 is 23.5 Å².